The Hall–Kier alpha value is 0.300. The van der Waals surface area contributed by atoms with Crippen molar-refractivity contribution in [3.05, 3.63) is 0 Å². The molecular formula is C14H34N2O4P2+2. The fourth-order valence-electron chi connectivity index (χ4n) is 3.05. The van der Waals surface area contributed by atoms with Crippen LogP contribution in [0.15, 0.2) is 0 Å². The van der Waals surface area contributed by atoms with E-state index < -0.39 is 14.7 Å². The largest absolute Gasteiger partial charge is 0.322 e. The first-order valence-electron chi connectivity index (χ1n) is 8.16. The van der Waals surface area contributed by atoms with Crippen LogP contribution in [0.2, 0.25) is 0 Å². The van der Waals surface area contributed by atoms with Gasteiger partial charge in [-0.2, -0.15) is 0 Å². The zero-order valence-corrected chi connectivity index (χ0v) is 16.7. The first-order valence-corrected chi connectivity index (χ1v) is 12.7. The van der Waals surface area contributed by atoms with Crippen molar-refractivity contribution in [3.8, 4) is 0 Å². The number of hydrogen-bond donors (Lipinski definition) is 2. The van der Waals surface area contributed by atoms with E-state index >= 15 is 0 Å². The van der Waals surface area contributed by atoms with Gasteiger partial charge in [-0.1, -0.05) is 0 Å². The minimum atomic E-state index is -2.52. The van der Waals surface area contributed by atoms with Gasteiger partial charge in [0.15, 0.2) is 12.6 Å². The lowest BCUT2D eigenvalue weighted by Crippen LogP contribution is -3.28. The Morgan fingerprint density at radius 3 is 1.27 bits per heavy atom. The molecule has 0 amide bonds. The molecule has 1 saturated heterocycles. The molecule has 22 heavy (non-hydrogen) atoms. The molecule has 0 radical (unpaired) electrons. The summed E-state index contributed by atoms with van der Waals surface area (Å²) in [6.07, 6.45) is 1.18. The van der Waals surface area contributed by atoms with Crippen LogP contribution in [0.1, 0.15) is 27.7 Å². The number of nitrogens with one attached hydrogen (secondary N) is 2. The second-order valence-electron chi connectivity index (χ2n) is 7.15. The van der Waals surface area contributed by atoms with Gasteiger partial charge in [0.25, 0.3) is 14.7 Å². The zero-order chi connectivity index (χ0) is 17.0. The fourth-order valence-corrected chi connectivity index (χ4v) is 7.24. The SMILES string of the molecule is CC(C)O[P@@](C)(=O)C[NH+]1CC[NH+](C[P@](C)(=O)OC(C)C)CC1. The van der Waals surface area contributed by atoms with E-state index in [1.54, 1.807) is 13.3 Å². The normalized spacial score (nSPS) is 28.5. The summed E-state index contributed by atoms with van der Waals surface area (Å²) in [6, 6.07) is 0. The molecule has 132 valence electrons. The molecule has 1 aliphatic rings. The lowest BCUT2D eigenvalue weighted by Gasteiger charge is -2.32. The maximum absolute atomic E-state index is 12.4. The van der Waals surface area contributed by atoms with Crippen molar-refractivity contribution >= 4 is 14.7 Å². The third-order valence-electron chi connectivity index (χ3n) is 3.55. The summed E-state index contributed by atoms with van der Waals surface area (Å²) in [7, 11) is -5.04. The molecule has 1 fully saturated rings. The highest BCUT2D eigenvalue weighted by Gasteiger charge is 2.33. The van der Waals surface area contributed by atoms with Gasteiger partial charge in [0, 0.05) is 13.3 Å². The summed E-state index contributed by atoms with van der Waals surface area (Å²) in [6.45, 7) is 14.9. The van der Waals surface area contributed by atoms with Crippen molar-refractivity contribution in [2.75, 3.05) is 52.1 Å². The first-order chi connectivity index (χ1) is 9.99. The Bertz CT molecular complexity index is 395. The Morgan fingerprint density at radius 1 is 0.773 bits per heavy atom. The minimum absolute atomic E-state index is 0.00120. The molecule has 0 aromatic carbocycles. The molecule has 2 atom stereocenters. The van der Waals surface area contributed by atoms with Crippen LogP contribution < -0.4 is 9.80 Å². The summed E-state index contributed by atoms with van der Waals surface area (Å²) in [5, 5.41) is 0. The summed E-state index contributed by atoms with van der Waals surface area (Å²) in [4.78, 5) is 2.65. The van der Waals surface area contributed by atoms with Gasteiger partial charge in [-0.25, -0.2) is 0 Å². The Balaban J connectivity index is 2.40. The Kier molecular flexibility index (Phi) is 7.78. The second kappa shape index (κ2) is 8.41. The monoisotopic (exact) mass is 356 g/mol. The molecule has 0 bridgehead atoms. The maximum Gasteiger partial charge on any atom is 0.252 e. The molecule has 0 saturated carbocycles. The summed E-state index contributed by atoms with van der Waals surface area (Å²) in [5.74, 6) is 0. The molecule has 0 aromatic rings. The van der Waals surface area contributed by atoms with Crippen molar-refractivity contribution < 1.29 is 28.0 Å². The van der Waals surface area contributed by atoms with E-state index in [-0.39, 0.29) is 12.2 Å². The number of piperazine rings is 1. The summed E-state index contributed by atoms with van der Waals surface area (Å²) in [5.41, 5.74) is 0. The van der Waals surface area contributed by atoms with Gasteiger partial charge in [0.1, 0.15) is 26.2 Å². The third-order valence-corrected chi connectivity index (χ3v) is 7.33. The van der Waals surface area contributed by atoms with Crippen molar-refractivity contribution in [1.29, 1.82) is 0 Å². The van der Waals surface area contributed by atoms with Crippen LogP contribution in [-0.2, 0) is 18.2 Å². The van der Waals surface area contributed by atoms with E-state index in [2.05, 4.69) is 0 Å². The number of rotatable bonds is 8. The standard InChI is InChI=1S/C14H32N2O4P2/c1-13(2)19-21(5,17)11-15-7-9-16(10-8-15)12-22(6,18)20-14(3)4/h13-14H,7-12H2,1-6H3/p+2/t21-,22-/m1/s1. The fraction of sp³-hybridized carbons (Fsp3) is 1.00. The van der Waals surface area contributed by atoms with Crippen molar-refractivity contribution in [1.82, 2.24) is 0 Å². The van der Waals surface area contributed by atoms with Gasteiger partial charge in [-0.3, -0.25) is 9.13 Å². The number of hydrogen-bond acceptors (Lipinski definition) is 4. The molecule has 2 N–H and O–H groups in total. The van der Waals surface area contributed by atoms with E-state index in [1.807, 2.05) is 27.7 Å². The topological polar surface area (TPSA) is 61.5 Å². The predicted octanol–water partition coefficient (Wildman–Crippen LogP) is 0.351. The van der Waals surface area contributed by atoms with Gasteiger partial charge >= 0.3 is 0 Å². The van der Waals surface area contributed by atoms with Crippen LogP contribution in [-0.4, -0.2) is 64.3 Å². The van der Waals surface area contributed by atoms with Crippen LogP contribution >= 0.6 is 14.7 Å². The average Bonchev–Trinajstić information content (AvgIpc) is 2.27. The smallest absolute Gasteiger partial charge is 0.252 e. The molecule has 1 heterocycles. The number of quaternary nitrogens is 2. The third kappa shape index (κ3) is 8.24. The highest BCUT2D eigenvalue weighted by Crippen LogP contribution is 2.42. The Morgan fingerprint density at radius 2 is 1.05 bits per heavy atom. The highest BCUT2D eigenvalue weighted by atomic mass is 31.2. The van der Waals surface area contributed by atoms with E-state index in [0.29, 0.717) is 12.6 Å². The first kappa shape index (κ1) is 20.3. The van der Waals surface area contributed by atoms with Crippen LogP contribution in [0.5, 0.6) is 0 Å². The van der Waals surface area contributed by atoms with Gasteiger partial charge in [-0.05, 0) is 27.7 Å². The minimum Gasteiger partial charge on any atom is -0.322 e. The van der Waals surface area contributed by atoms with Crippen LogP contribution in [0, 0.1) is 0 Å². The lowest BCUT2D eigenvalue weighted by molar-refractivity contribution is -1.00. The molecule has 0 aliphatic carbocycles. The van der Waals surface area contributed by atoms with E-state index in [0.717, 1.165) is 26.2 Å². The molecule has 0 aromatic heterocycles. The molecular weight excluding hydrogens is 322 g/mol. The van der Waals surface area contributed by atoms with Gasteiger partial charge in [0.2, 0.25) is 0 Å². The quantitative estimate of drug-likeness (QED) is 0.616. The molecule has 1 aliphatic heterocycles. The van der Waals surface area contributed by atoms with Crippen LogP contribution in [0.3, 0.4) is 0 Å². The Labute approximate surface area is 135 Å². The van der Waals surface area contributed by atoms with Crippen molar-refractivity contribution in [2.24, 2.45) is 0 Å². The molecule has 8 heteroatoms. The van der Waals surface area contributed by atoms with E-state index in [9.17, 15) is 9.13 Å². The average molecular weight is 356 g/mol. The van der Waals surface area contributed by atoms with E-state index in [1.165, 1.54) is 9.80 Å². The van der Waals surface area contributed by atoms with Crippen molar-refractivity contribution in [3.63, 3.8) is 0 Å². The van der Waals surface area contributed by atoms with Crippen molar-refractivity contribution in [2.45, 2.75) is 39.9 Å². The maximum atomic E-state index is 12.4. The summed E-state index contributed by atoms with van der Waals surface area (Å²) >= 11 is 0. The zero-order valence-electron chi connectivity index (χ0n) is 14.9. The second-order valence-corrected chi connectivity index (χ2v) is 12.3. The lowest BCUT2D eigenvalue weighted by atomic mass is 10.4. The predicted molar refractivity (Wildman–Crippen MR) is 90.6 cm³/mol. The summed E-state index contributed by atoms with van der Waals surface area (Å²) < 4.78 is 35.9. The molecule has 0 spiro atoms. The molecule has 0 unspecified atom stereocenters. The van der Waals surface area contributed by atoms with Gasteiger partial charge in [0.05, 0.1) is 12.2 Å². The van der Waals surface area contributed by atoms with Crippen LogP contribution in [0.4, 0.5) is 0 Å². The van der Waals surface area contributed by atoms with Crippen LogP contribution in [0.25, 0.3) is 0 Å². The van der Waals surface area contributed by atoms with Gasteiger partial charge in [-0.15, -0.1) is 0 Å². The molecule has 6 nitrogen and oxygen atoms in total. The van der Waals surface area contributed by atoms with Gasteiger partial charge < -0.3 is 18.8 Å². The van der Waals surface area contributed by atoms with E-state index in [4.69, 9.17) is 9.05 Å². The highest BCUT2D eigenvalue weighted by molar-refractivity contribution is 7.58. The molecule has 1 rings (SSSR count).